The van der Waals surface area contributed by atoms with Gasteiger partial charge >= 0.3 is 6.09 Å². The number of amides is 1. The van der Waals surface area contributed by atoms with Gasteiger partial charge in [-0.25, -0.2) is 9.78 Å². The summed E-state index contributed by atoms with van der Waals surface area (Å²) in [5.74, 6) is 1.20. The Morgan fingerprint density at radius 3 is 2.40 bits per heavy atom. The van der Waals surface area contributed by atoms with Gasteiger partial charge in [-0.2, -0.15) is 9.97 Å². The van der Waals surface area contributed by atoms with Crippen LogP contribution in [-0.4, -0.2) is 53.2 Å². The van der Waals surface area contributed by atoms with Gasteiger partial charge in [0.25, 0.3) is 0 Å². The molecule has 0 saturated heterocycles. The summed E-state index contributed by atoms with van der Waals surface area (Å²) in [6.45, 7) is 10.6. The first-order valence-electron chi connectivity index (χ1n) is 14.0. The molecule has 5 rings (SSSR count). The van der Waals surface area contributed by atoms with Crippen LogP contribution in [0.4, 0.5) is 16.6 Å². The van der Waals surface area contributed by atoms with Gasteiger partial charge in [-0.1, -0.05) is 54.6 Å². The van der Waals surface area contributed by atoms with E-state index in [1.54, 1.807) is 4.90 Å². The third-order valence-electron chi connectivity index (χ3n) is 7.53. The van der Waals surface area contributed by atoms with Crippen LogP contribution in [0.15, 0.2) is 60.9 Å². The second-order valence-corrected chi connectivity index (χ2v) is 11.9. The van der Waals surface area contributed by atoms with Crippen molar-refractivity contribution in [1.29, 1.82) is 0 Å². The van der Waals surface area contributed by atoms with Crippen molar-refractivity contribution in [3.63, 3.8) is 0 Å². The van der Waals surface area contributed by atoms with Crippen molar-refractivity contribution in [2.24, 2.45) is 0 Å². The van der Waals surface area contributed by atoms with Crippen molar-refractivity contribution in [2.45, 2.75) is 84.1 Å². The zero-order chi connectivity index (χ0) is 28.4. The smallest absolute Gasteiger partial charge is 0.407 e. The highest BCUT2D eigenvalue weighted by Crippen LogP contribution is 2.32. The molecule has 1 saturated carbocycles. The van der Waals surface area contributed by atoms with E-state index in [0.29, 0.717) is 24.7 Å². The molecule has 1 fully saturated rings. The molecule has 40 heavy (non-hydrogen) atoms. The van der Waals surface area contributed by atoms with Gasteiger partial charge < -0.3 is 25.2 Å². The Labute approximate surface area is 235 Å². The summed E-state index contributed by atoms with van der Waals surface area (Å²) >= 11 is 0. The zero-order valence-corrected chi connectivity index (χ0v) is 23.9. The van der Waals surface area contributed by atoms with E-state index in [0.717, 1.165) is 29.6 Å². The third-order valence-corrected chi connectivity index (χ3v) is 7.53. The van der Waals surface area contributed by atoms with E-state index in [2.05, 4.69) is 65.9 Å². The van der Waals surface area contributed by atoms with Gasteiger partial charge in [-0.15, -0.1) is 0 Å². The van der Waals surface area contributed by atoms with Crippen LogP contribution < -0.4 is 10.6 Å². The molecule has 9 heteroatoms. The van der Waals surface area contributed by atoms with E-state index in [1.165, 1.54) is 11.1 Å². The Balaban J connectivity index is 1.35. The Kier molecular flexibility index (Phi) is 7.65. The lowest BCUT2D eigenvalue weighted by Gasteiger charge is -2.38. The number of nitrogens with one attached hydrogen (secondary N) is 2. The number of carboxylic acid groups (broad SMARTS) is 1. The predicted octanol–water partition coefficient (Wildman–Crippen LogP) is 6.80. The van der Waals surface area contributed by atoms with Crippen molar-refractivity contribution >= 4 is 29.0 Å². The number of hydrogen-bond donors (Lipinski definition) is 3. The highest BCUT2D eigenvalue weighted by atomic mass is 16.4. The highest BCUT2D eigenvalue weighted by Gasteiger charge is 2.38. The molecule has 2 aromatic heterocycles. The van der Waals surface area contributed by atoms with Gasteiger partial charge in [0.05, 0.1) is 6.33 Å². The average Bonchev–Trinajstić information content (AvgIpc) is 3.54. The summed E-state index contributed by atoms with van der Waals surface area (Å²) in [5.41, 5.74) is 4.55. The second-order valence-electron chi connectivity index (χ2n) is 11.9. The molecule has 0 aliphatic heterocycles. The van der Waals surface area contributed by atoms with Gasteiger partial charge in [-0.05, 0) is 70.6 Å². The summed E-state index contributed by atoms with van der Waals surface area (Å²) in [6.07, 6.45) is 3.31. The Bertz CT molecular complexity index is 1460. The summed E-state index contributed by atoms with van der Waals surface area (Å²) in [4.78, 5) is 27.9. The first-order valence-corrected chi connectivity index (χ1v) is 14.0. The minimum atomic E-state index is -0.875. The van der Waals surface area contributed by atoms with Crippen LogP contribution >= 0.6 is 0 Å². The Hall–Kier alpha value is -4.14. The maximum absolute atomic E-state index is 12.0. The summed E-state index contributed by atoms with van der Waals surface area (Å²) in [5, 5.41) is 16.8. The molecular weight excluding hydrogens is 502 g/mol. The minimum absolute atomic E-state index is 0.0450. The molecule has 4 aromatic rings. The number of nitrogens with zero attached hydrogens (tertiary/aromatic N) is 5. The first-order chi connectivity index (χ1) is 19.1. The average molecular weight is 542 g/mol. The molecule has 0 unspecified atom stereocenters. The van der Waals surface area contributed by atoms with Crippen LogP contribution in [0.3, 0.4) is 0 Å². The minimum Gasteiger partial charge on any atom is -0.465 e. The molecule has 1 amide bonds. The summed E-state index contributed by atoms with van der Waals surface area (Å²) < 4.78 is 2.05. The molecule has 210 valence electrons. The monoisotopic (exact) mass is 541 g/mol. The van der Waals surface area contributed by atoms with E-state index in [4.69, 9.17) is 9.97 Å². The molecule has 0 spiro atoms. The van der Waals surface area contributed by atoms with Crippen LogP contribution in [-0.2, 0) is 6.54 Å². The standard InChI is InChI=1S/C31H39N7O2/c1-20(2)37-19-33-26-27(32-18-21-11-13-23(14-12-21)22-9-7-6-8-10-22)35-29(36-28(26)37)34-24-15-16-25(17-24)38(30(39)40)31(3,4)5/h6-14,19-20,24-25H,15-18H2,1-5H3,(H,39,40)(H2,32,34,35,36)/t24-,25-/m0/s1. The number of fused-ring (bicyclic) bond motifs is 1. The maximum atomic E-state index is 12.0. The van der Waals surface area contributed by atoms with Crippen LogP contribution in [0.25, 0.3) is 22.3 Å². The van der Waals surface area contributed by atoms with Crippen molar-refractivity contribution in [3.8, 4) is 11.1 Å². The van der Waals surface area contributed by atoms with E-state index in [9.17, 15) is 9.90 Å². The first kappa shape index (κ1) is 27.4. The lowest BCUT2D eigenvalue weighted by atomic mass is 10.0. The normalized spacial score (nSPS) is 17.4. The van der Waals surface area contributed by atoms with Gasteiger partial charge in [-0.3, -0.25) is 0 Å². The summed E-state index contributed by atoms with van der Waals surface area (Å²) in [7, 11) is 0. The van der Waals surface area contributed by atoms with Crippen LogP contribution in [0.2, 0.25) is 0 Å². The van der Waals surface area contributed by atoms with Gasteiger partial charge in [0.15, 0.2) is 17.0 Å². The van der Waals surface area contributed by atoms with E-state index in [1.807, 2.05) is 49.9 Å². The number of anilines is 2. The van der Waals surface area contributed by atoms with Crippen LogP contribution in [0.1, 0.15) is 65.5 Å². The fourth-order valence-electron chi connectivity index (χ4n) is 5.61. The van der Waals surface area contributed by atoms with Gasteiger partial charge in [0.2, 0.25) is 5.95 Å². The third kappa shape index (κ3) is 5.88. The predicted molar refractivity (Wildman–Crippen MR) is 160 cm³/mol. The van der Waals surface area contributed by atoms with Crippen molar-refractivity contribution in [3.05, 3.63) is 66.5 Å². The van der Waals surface area contributed by atoms with Crippen molar-refractivity contribution in [2.75, 3.05) is 10.6 Å². The number of benzene rings is 2. The van der Waals surface area contributed by atoms with E-state index in [-0.39, 0.29) is 18.1 Å². The van der Waals surface area contributed by atoms with Crippen molar-refractivity contribution < 1.29 is 9.90 Å². The Morgan fingerprint density at radius 2 is 1.75 bits per heavy atom. The number of aromatic nitrogens is 4. The fraction of sp³-hybridized carbons (Fsp3) is 0.419. The molecule has 1 aliphatic rings. The molecule has 2 heterocycles. The number of hydrogen-bond acceptors (Lipinski definition) is 6. The molecule has 3 N–H and O–H groups in total. The molecule has 1 aliphatic carbocycles. The molecule has 9 nitrogen and oxygen atoms in total. The van der Waals surface area contributed by atoms with E-state index >= 15 is 0 Å². The molecule has 0 bridgehead atoms. The van der Waals surface area contributed by atoms with Crippen LogP contribution in [0.5, 0.6) is 0 Å². The summed E-state index contributed by atoms with van der Waals surface area (Å²) in [6, 6.07) is 19.1. The Morgan fingerprint density at radius 1 is 1.05 bits per heavy atom. The number of imidazole rings is 1. The second kappa shape index (κ2) is 11.2. The highest BCUT2D eigenvalue weighted by molar-refractivity contribution is 5.84. The topological polar surface area (TPSA) is 108 Å². The molecule has 0 radical (unpaired) electrons. The van der Waals surface area contributed by atoms with Gasteiger partial charge in [0, 0.05) is 30.2 Å². The van der Waals surface area contributed by atoms with Gasteiger partial charge in [0.1, 0.15) is 0 Å². The maximum Gasteiger partial charge on any atom is 0.407 e. The number of rotatable bonds is 8. The molecular formula is C31H39N7O2. The van der Waals surface area contributed by atoms with Crippen LogP contribution in [0, 0.1) is 0 Å². The molecule has 2 aromatic carbocycles. The van der Waals surface area contributed by atoms with E-state index < -0.39 is 11.6 Å². The zero-order valence-electron chi connectivity index (χ0n) is 23.9. The van der Waals surface area contributed by atoms with Crippen molar-refractivity contribution in [1.82, 2.24) is 24.4 Å². The lowest BCUT2D eigenvalue weighted by Crippen LogP contribution is -2.50. The SMILES string of the molecule is CC(C)n1cnc2c(NCc3ccc(-c4ccccc4)cc3)nc(N[C@H]3CC[C@H](N(C(=O)O)C(C)(C)C)C3)nc21. The largest absolute Gasteiger partial charge is 0.465 e. The number of carbonyl (C=O) groups is 1. The molecule has 2 atom stereocenters. The lowest BCUT2D eigenvalue weighted by molar-refractivity contribution is 0.0718. The fourth-order valence-corrected chi connectivity index (χ4v) is 5.61. The quantitative estimate of drug-likeness (QED) is 0.225.